The first-order valence-corrected chi connectivity index (χ1v) is 7.01. The molecule has 2 rings (SSSR count). The molecule has 1 N–H and O–H groups in total. The summed E-state index contributed by atoms with van der Waals surface area (Å²) in [5.41, 5.74) is -0.129. The monoisotopic (exact) mass is 254 g/mol. The minimum absolute atomic E-state index is 0.152. The Labute approximate surface area is 110 Å². The highest BCUT2D eigenvalue weighted by molar-refractivity contribution is 5.68. The lowest BCUT2D eigenvalue weighted by molar-refractivity contribution is 0.00110. The van der Waals surface area contributed by atoms with Gasteiger partial charge in [0.25, 0.3) is 0 Å². The number of carbonyl (C=O) groups excluding carboxylic acids is 1. The van der Waals surface area contributed by atoms with Crippen molar-refractivity contribution in [1.82, 2.24) is 10.2 Å². The van der Waals surface area contributed by atoms with Crippen molar-refractivity contribution >= 4 is 6.09 Å². The average Bonchev–Trinajstić information content (AvgIpc) is 2.58. The van der Waals surface area contributed by atoms with Crippen LogP contribution < -0.4 is 5.32 Å². The molecule has 0 saturated carbocycles. The topological polar surface area (TPSA) is 41.6 Å². The third-order valence-electron chi connectivity index (χ3n) is 4.23. The predicted octanol–water partition coefficient (Wildman–Crippen LogP) is 2.24. The van der Waals surface area contributed by atoms with E-state index in [1.165, 1.54) is 6.42 Å². The van der Waals surface area contributed by atoms with Crippen LogP contribution in [0.15, 0.2) is 0 Å². The summed E-state index contributed by atoms with van der Waals surface area (Å²) in [7, 11) is 0. The largest absolute Gasteiger partial charge is 0.444 e. The molecule has 2 atom stereocenters. The SMILES string of the molecule is CC1CNCC12CCCN(C(=O)OC(C)(C)C)C2. The second kappa shape index (κ2) is 4.72. The maximum Gasteiger partial charge on any atom is 0.410 e. The Kier molecular flexibility index (Phi) is 3.58. The van der Waals surface area contributed by atoms with Crippen molar-refractivity contribution in [3.8, 4) is 0 Å². The van der Waals surface area contributed by atoms with Gasteiger partial charge in [0.05, 0.1) is 0 Å². The number of likely N-dealkylation sites (tertiary alicyclic amines) is 1. The van der Waals surface area contributed by atoms with Gasteiger partial charge >= 0.3 is 6.09 Å². The molecule has 0 aromatic carbocycles. The fourth-order valence-corrected chi connectivity index (χ4v) is 3.12. The summed E-state index contributed by atoms with van der Waals surface area (Å²) in [6.07, 6.45) is 2.16. The van der Waals surface area contributed by atoms with E-state index in [1.807, 2.05) is 25.7 Å². The minimum Gasteiger partial charge on any atom is -0.444 e. The zero-order chi connectivity index (χ0) is 13.4. The van der Waals surface area contributed by atoms with E-state index in [0.717, 1.165) is 32.6 Å². The molecule has 18 heavy (non-hydrogen) atoms. The highest BCUT2D eigenvalue weighted by Gasteiger charge is 2.44. The van der Waals surface area contributed by atoms with Crippen LogP contribution in [-0.4, -0.2) is 42.8 Å². The van der Waals surface area contributed by atoms with Crippen LogP contribution in [0.2, 0.25) is 0 Å². The lowest BCUT2D eigenvalue weighted by atomic mass is 9.73. The minimum atomic E-state index is -0.402. The van der Waals surface area contributed by atoms with Gasteiger partial charge < -0.3 is 15.0 Å². The van der Waals surface area contributed by atoms with E-state index in [9.17, 15) is 4.79 Å². The lowest BCUT2D eigenvalue weighted by Crippen LogP contribution is -2.50. The molecule has 2 heterocycles. The highest BCUT2D eigenvalue weighted by atomic mass is 16.6. The van der Waals surface area contributed by atoms with E-state index in [-0.39, 0.29) is 11.5 Å². The maximum absolute atomic E-state index is 12.1. The molecule has 4 heteroatoms. The van der Waals surface area contributed by atoms with Crippen molar-refractivity contribution in [2.75, 3.05) is 26.2 Å². The van der Waals surface area contributed by atoms with E-state index in [4.69, 9.17) is 4.74 Å². The maximum atomic E-state index is 12.1. The molecule has 0 aromatic heterocycles. The summed E-state index contributed by atoms with van der Waals surface area (Å²) in [6.45, 7) is 11.8. The third-order valence-corrected chi connectivity index (χ3v) is 4.23. The van der Waals surface area contributed by atoms with Crippen LogP contribution in [-0.2, 0) is 4.74 Å². The van der Waals surface area contributed by atoms with Crippen molar-refractivity contribution in [2.24, 2.45) is 11.3 Å². The zero-order valence-corrected chi connectivity index (χ0v) is 12.1. The molecule has 2 unspecified atom stereocenters. The number of nitrogens with zero attached hydrogens (tertiary/aromatic N) is 1. The van der Waals surface area contributed by atoms with E-state index < -0.39 is 5.60 Å². The van der Waals surface area contributed by atoms with Gasteiger partial charge in [-0.15, -0.1) is 0 Å². The van der Waals surface area contributed by atoms with Gasteiger partial charge in [-0.05, 0) is 46.1 Å². The summed E-state index contributed by atoms with van der Waals surface area (Å²) < 4.78 is 5.48. The molecule has 4 nitrogen and oxygen atoms in total. The zero-order valence-electron chi connectivity index (χ0n) is 12.1. The quantitative estimate of drug-likeness (QED) is 0.721. The number of carbonyl (C=O) groups is 1. The molecule has 1 spiro atoms. The van der Waals surface area contributed by atoms with Gasteiger partial charge in [-0.3, -0.25) is 0 Å². The van der Waals surface area contributed by atoms with Crippen molar-refractivity contribution < 1.29 is 9.53 Å². The van der Waals surface area contributed by atoms with Crippen LogP contribution in [0.1, 0.15) is 40.5 Å². The number of piperidine rings is 1. The number of nitrogens with one attached hydrogen (secondary N) is 1. The predicted molar refractivity (Wildman–Crippen MR) is 71.5 cm³/mol. The number of amides is 1. The van der Waals surface area contributed by atoms with Gasteiger partial charge in [-0.25, -0.2) is 4.79 Å². The Bertz CT molecular complexity index is 324. The second-order valence-electron chi connectivity index (χ2n) is 6.90. The van der Waals surface area contributed by atoms with Crippen molar-refractivity contribution in [3.63, 3.8) is 0 Å². The molecule has 2 fully saturated rings. The first-order valence-electron chi connectivity index (χ1n) is 7.01. The van der Waals surface area contributed by atoms with Gasteiger partial charge in [0, 0.05) is 25.0 Å². The Morgan fingerprint density at radius 1 is 1.44 bits per heavy atom. The highest BCUT2D eigenvalue weighted by Crippen LogP contribution is 2.39. The number of hydrogen-bond acceptors (Lipinski definition) is 3. The van der Waals surface area contributed by atoms with Gasteiger partial charge in [-0.2, -0.15) is 0 Å². The second-order valence-corrected chi connectivity index (χ2v) is 6.90. The smallest absolute Gasteiger partial charge is 0.410 e. The molecule has 2 saturated heterocycles. The summed E-state index contributed by atoms with van der Waals surface area (Å²) in [5, 5.41) is 3.46. The van der Waals surface area contributed by atoms with E-state index in [2.05, 4.69) is 12.2 Å². The molecule has 2 aliphatic rings. The number of hydrogen-bond donors (Lipinski definition) is 1. The molecule has 0 radical (unpaired) electrons. The van der Waals surface area contributed by atoms with Crippen molar-refractivity contribution in [1.29, 1.82) is 0 Å². The van der Waals surface area contributed by atoms with E-state index >= 15 is 0 Å². The summed E-state index contributed by atoms with van der Waals surface area (Å²) >= 11 is 0. The summed E-state index contributed by atoms with van der Waals surface area (Å²) in [4.78, 5) is 14.0. The third kappa shape index (κ3) is 2.79. The van der Waals surface area contributed by atoms with Crippen LogP contribution in [0.3, 0.4) is 0 Å². The standard InChI is InChI=1S/C14H26N2O2/c1-11-8-15-9-14(11)6-5-7-16(10-14)12(17)18-13(2,3)4/h11,15H,5-10H2,1-4H3. The molecule has 0 bridgehead atoms. The van der Waals surface area contributed by atoms with Gasteiger partial charge in [0.1, 0.15) is 5.60 Å². The summed E-state index contributed by atoms with van der Waals surface area (Å²) in [6, 6.07) is 0. The number of ether oxygens (including phenoxy) is 1. The normalized spacial score (nSPS) is 32.9. The van der Waals surface area contributed by atoms with Crippen LogP contribution in [0, 0.1) is 11.3 Å². The number of rotatable bonds is 0. The van der Waals surface area contributed by atoms with Crippen LogP contribution in [0.5, 0.6) is 0 Å². The van der Waals surface area contributed by atoms with Gasteiger partial charge in [0.15, 0.2) is 0 Å². The van der Waals surface area contributed by atoms with E-state index in [0.29, 0.717) is 5.92 Å². The Balaban J connectivity index is 2.01. The van der Waals surface area contributed by atoms with E-state index in [1.54, 1.807) is 0 Å². The van der Waals surface area contributed by atoms with Gasteiger partial charge in [0.2, 0.25) is 0 Å². The van der Waals surface area contributed by atoms with Crippen LogP contribution >= 0.6 is 0 Å². The molecule has 0 aliphatic carbocycles. The Hall–Kier alpha value is -0.770. The van der Waals surface area contributed by atoms with Crippen molar-refractivity contribution in [3.05, 3.63) is 0 Å². The Morgan fingerprint density at radius 2 is 2.17 bits per heavy atom. The first kappa shape index (κ1) is 13.7. The fraction of sp³-hybridized carbons (Fsp3) is 0.929. The van der Waals surface area contributed by atoms with Gasteiger partial charge in [-0.1, -0.05) is 6.92 Å². The molecule has 1 amide bonds. The fourth-order valence-electron chi connectivity index (χ4n) is 3.12. The molecule has 2 aliphatic heterocycles. The van der Waals surface area contributed by atoms with Crippen LogP contribution in [0.4, 0.5) is 4.79 Å². The van der Waals surface area contributed by atoms with Crippen molar-refractivity contribution in [2.45, 2.75) is 46.1 Å². The Morgan fingerprint density at radius 3 is 2.72 bits per heavy atom. The molecular formula is C14H26N2O2. The van der Waals surface area contributed by atoms with Crippen LogP contribution in [0.25, 0.3) is 0 Å². The molecule has 0 aromatic rings. The average molecular weight is 254 g/mol. The first-order chi connectivity index (χ1) is 8.32. The molecular weight excluding hydrogens is 228 g/mol. The lowest BCUT2D eigenvalue weighted by Gasteiger charge is -2.42. The summed E-state index contributed by atoms with van der Waals surface area (Å²) in [5.74, 6) is 0.641. The molecule has 104 valence electrons.